The average Bonchev–Trinajstić information content (AvgIpc) is 2.61. The second-order valence-electron chi connectivity index (χ2n) is 8.46. The molecule has 1 aromatic rings. The highest BCUT2D eigenvalue weighted by molar-refractivity contribution is 5.21. The summed E-state index contributed by atoms with van der Waals surface area (Å²) < 4.78 is 0. The maximum Gasteiger partial charge on any atom is 0.0547 e. The lowest BCUT2D eigenvalue weighted by Crippen LogP contribution is -2.47. The van der Waals surface area contributed by atoms with Crippen molar-refractivity contribution in [3.8, 4) is 0 Å². The molecule has 4 rings (SSSR count). The lowest BCUT2D eigenvalue weighted by molar-refractivity contribution is 0.0180. The number of nitrogens with one attached hydrogen (secondary N) is 2. The Bertz CT molecular complexity index is 510. The molecule has 1 atom stereocenters. The fourth-order valence-electron chi connectivity index (χ4n) is 5.17. The van der Waals surface area contributed by atoms with Gasteiger partial charge in [-0.1, -0.05) is 30.3 Å². The predicted molar refractivity (Wildman–Crippen MR) is 97.8 cm³/mol. The number of hydrogen-bond donors (Lipinski definition) is 3. The van der Waals surface area contributed by atoms with Crippen molar-refractivity contribution in [2.45, 2.75) is 69.6 Å². The molecule has 0 radical (unpaired) electrons. The molecule has 0 aromatic heterocycles. The molecule has 1 unspecified atom stereocenters. The number of piperidine rings is 1. The van der Waals surface area contributed by atoms with Crippen molar-refractivity contribution in [3.63, 3.8) is 0 Å². The van der Waals surface area contributed by atoms with Crippen LogP contribution in [-0.2, 0) is 0 Å². The van der Waals surface area contributed by atoms with Crippen LogP contribution < -0.4 is 10.6 Å². The van der Waals surface area contributed by atoms with Gasteiger partial charge in [0.25, 0.3) is 0 Å². The molecule has 1 saturated heterocycles. The fraction of sp³-hybridized carbons (Fsp3) is 0.714. The molecule has 0 amide bonds. The molecule has 3 N–H and O–H groups in total. The molecule has 2 saturated carbocycles. The van der Waals surface area contributed by atoms with Crippen LogP contribution in [0.4, 0.5) is 0 Å². The monoisotopic (exact) mass is 328 g/mol. The summed E-state index contributed by atoms with van der Waals surface area (Å²) in [7, 11) is 0. The molecule has 3 nitrogen and oxygen atoms in total. The summed E-state index contributed by atoms with van der Waals surface area (Å²) in [4.78, 5) is 0. The van der Waals surface area contributed by atoms with E-state index in [0.717, 1.165) is 12.8 Å². The van der Waals surface area contributed by atoms with Gasteiger partial charge in [-0.15, -0.1) is 0 Å². The molecule has 24 heavy (non-hydrogen) atoms. The van der Waals surface area contributed by atoms with Crippen LogP contribution in [0.15, 0.2) is 30.3 Å². The third-order valence-corrected chi connectivity index (χ3v) is 6.91. The highest BCUT2D eigenvalue weighted by atomic mass is 16.3. The summed E-state index contributed by atoms with van der Waals surface area (Å²) in [5.41, 5.74) is 2.04. The second kappa shape index (κ2) is 7.15. The quantitative estimate of drug-likeness (QED) is 0.794. The van der Waals surface area contributed by atoms with Crippen molar-refractivity contribution in [2.24, 2.45) is 11.3 Å². The minimum atomic E-state index is -0.0765. The molecule has 3 fully saturated rings. The summed E-state index contributed by atoms with van der Waals surface area (Å²) in [6, 6.07) is 11.9. The van der Waals surface area contributed by atoms with E-state index in [2.05, 4.69) is 41.0 Å². The first-order valence-electron chi connectivity index (χ1n) is 9.94. The van der Waals surface area contributed by atoms with Gasteiger partial charge in [0.2, 0.25) is 0 Å². The fourth-order valence-corrected chi connectivity index (χ4v) is 5.17. The van der Waals surface area contributed by atoms with Crippen molar-refractivity contribution in [1.29, 1.82) is 0 Å². The molecule has 1 aromatic carbocycles. The van der Waals surface area contributed by atoms with E-state index in [1.807, 2.05) is 0 Å². The molecular formula is C21H32N2O. The van der Waals surface area contributed by atoms with E-state index in [9.17, 15) is 5.11 Å². The Morgan fingerprint density at radius 2 is 1.67 bits per heavy atom. The Hall–Kier alpha value is -0.900. The molecule has 3 aliphatic rings. The van der Waals surface area contributed by atoms with E-state index in [1.165, 1.54) is 57.2 Å². The minimum absolute atomic E-state index is 0.0765. The molecule has 0 bridgehead atoms. The van der Waals surface area contributed by atoms with Crippen LogP contribution in [0.1, 0.15) is 63.0 Å². The first-order chi connectivity index (χ1) is 11.7. The zero-order chi connectivity index (χ0) is 16.4. The third kappa shape index (κ3) is 3.54. The van der Waals surface area contributed by atoms with E-state index in [-0.39, 0.29) is 6.10 Å². The Kier molecular flexibility index (Phi) is 4.93. The Morgan fingerprint density at radius 3 is 2.29 bits per heavy atom. The molecule has 1 heterocycles. The zero-order valence-electron chi connectivity index (χ0n) is 14.7. The lowest BCUT2D eigenvalue weighted by Gasteiger charge is -2.46. The summed E-state index contributed by atoms with van der Waals surface area (Å²) in [6.45, 7) is 2.43. The highest BCUT2D eigenvalue weighted by Gasteiger charge is 2.39. The van der Waals surface area contributed by atoms with E-state index in [0.29, 0.717) is 23.4 Å². The van der Waals surface area contributed by atoms with Gasteiger partial charge in [0, 0.05) is 12.1 Å². The number of aliphatic hydroxyl groups is 1. The normalized spacial score (nSPS) is 31.5. The highest BCUT2D eigenvalue weighted by Crippen LogP contribution is 2.45. The molecule has 132 valence electrons. The van der Waals surface area contributed by atoms with Gasteiger partial charge in [0.15, 0.2) is 0 Å². The van der Waals surface area contributed by atoms with Gasteiger partial charge < -0.3 is 15.7 Å². The molecule has 1 aliphatic heterocycles. The average molecular weight is 328 g/mol. The topological polar surface area (TPSA) is 44.3 Å². The summed E-state index contributed by atoms with van der Waals surface area (Å²) in [5.74, 6) is 0.595. The van der Waals surface area contributed by atoms with E-state index < -0.39 is 0 Å². The van der Waals surface area contributed by atoms with Gasteiger partial charge in [0.1, 0.15) is 0 Å². The van der Waals surface area contributed by atoms with E-state index >= 15 is 0 Å². The lowest BCUT2D eigenvalue weighted by atomic mass is 9.67. The van der Waals surface area contributed by atoms with Gasteiger partial charge in [-0.3, -0.25) is 0 Å². The van der Waals surface area contributed by atoms with Gasteiger partial charge in [-0.2, -0.15) is 0 Å². The van der Waals surface area contributed by atoms with Crippen LogP contribution in [-0.4, -0.2) is 30.3 Å². The van der Waals surface area contributed by atoms with E-state index in [4.69, 9.17) is 0 Å². The van der Waals surface area contributed by atoms with Gasteiger partial charge in [-0.05, 0) is 81.4 Å². The Morgan fingerprint density at radius 1 is 1.00 bits per heavy atom. The van der Waals surface area contributed by atoms with Crippen LogP contribution in [0, 0.1) is 11.3 Å². The summed E-state index contributed by atoms with van der Waals surface area (Å²) in [6.07, 6.45) is 9.99. The Balaban J connectivity index is 1.38. The Labute approximate surface area is 146 Å². The van der Waals surface area contributed by atoms with Crippen molar-refractivity contribution in [1.82, 2.24) is 10.6 Å². The molecule has 2 aliphatic carbocycles. The number of benzene rings is 1. The van der Waals surface area contributed by atoms with Crippen LogP contribution in [0.5, 0.6) is 0 Å². The second-order valence-corrected chi connectivity index (χ2v) is 8.46. The summed E-state index contributed by atoms with van der Waals surface area (Å²) >= 11 is 0. The minimum Gasteiger partial charge on any atom is -0.393 e. The molecule has 3 heteroatoms. The predicted octanol–water partition coefficient (Wildman–Crippen LogP) is 3.40. The first-order valence-corrected chi connectivity index (χ1v) is 9.94. The van der Waals surface area contributed by atoms with Crippen molar-refractivity contribution < 1.29 is 5.11 Å². The maximum absolute atomic E-state index is 9.75. The van der Waals surface area contributed by atoms with Crippen LogP contribution in [0.25, 0.3) is 0 Å². The van der Waals surface area contributed by atoms with Crippen molar-refractivity contribution in [2.75, 3.05) is 13.1 Å². The summed E-state index contributed by atoms with van der Waals surface area (Å²) in [5, 5.41) is 17.3. The van der Waals surface area contributed by atoms with Gasteiger partial charge in [0.05, 0.1) is 6.10 Å². The van der Waals surface area contributed by atoms with Crippen LogP contribution in [0.2, 0.25) is 0 Å². The van der Waals surface area contributed by atoms with E-state index in [1.54, 1.807) is 0 Å². The van der Waals surface area contributed by atoms with Crippen molar-refractivity contribution >= 4 is 0 Å². The smallest absolute Gasteiger partial charge is 0.0547 e. The van der Waals surface area contributed by atoms with Gasteiger partial charge in [-0.25, -0.2) is 0 Å². The molecule has 1 spiro atoms. The maximum atomic E-state index is 9.75. The number of aliphatic hydroxyl groups excluding tert-OH is 1. The zero-order valence-corrected chi connectivity index (χ0v) is 14.7. The third-order valence-electron chi connectivity index (χ3n) is 6.91. The van der Waals surface area contributed by atoms with Gasteiger partial charge >= 0.3 is 0 Å². The van der Waals surface area contributed by atoms with Crippen LogP contribution in [0.3, 0.4) is 0 Å². The first kappa shape index (κ1) is 16.6. The molecular weight excluding hydrogens is 296 g/mol. The van der Waals surface area contributed by atoms with Crippen LogP contribution >= 0.6 is 0 Å². The standard InChI is InChI=1S/C21H32N2O/c24-19-14-17(15-19)20(16-4-2-1-3-5-16)23-18-6-8-21(9-7-18)10-12-22-13-11-21/h1-5,17-20,22-24H,6-15H2. The SMILES string of the molecule is OC1CC(C(NC2CCC3(CCNCC3)CC2)c2ccccc2)C1. The largest absolute Gasteiger partial charge is 0.393 e. The van der Waals surface area contributed by atoms with Crippen molar-refractivity contribution in [3.05, 3.63) is 35.9 Å². The number of hydrogen-bond acceptors (Lipinski definition) is 3. The number of rotatable bonds is 4.